The van der Waals surface area contributed by atoms with Crippen molar-refractivity contribution in [2.45, 2.75) is 20.3 Å². The van der Waals surface area contributed by atoms with Gasteiger partial charge in [-0.05, 0) is 18.1 Å². The second kappa shape index (κ2) is 5.44. The van der Waals surface area contributed by atoms with Gasteiger partial charge in [0.25, 0.3) is 0 Å². The smallest absolute Gasteiger partial charge is 0.0780 e. The van der Waals surface area contributed by atoms with Crippen molar-refractivity contribution in [1.29, 1.82) is 0 Å². The van der Waals surface area contributed by atoms with Crippen LogP contribution in [0.15, 0.2) is 42.6 Å². The number of pyridine rings is 1. The lowest BCUT2D eigenvalue weighted by molar-refractivity contribution is 1.40. The first-order valence-electron chi connectivity index (χ1n) is 6.16. The highest BCUT2D eigenvalue weighted by Crippen LogP contribution is 2.24. The summed E-state index contributed by atoms with van der Waals surface area (Å²) in [5, 5.41) is 1.20. The number of hydrogen-bond donors (Lipinski definition) is 0. The molecule has 1 aromatic carbocycles. The van der Waals surface area contributed by atoms with Gasteiger partial charge in [0.2, 0.25) is 0 Å². The lowest BCUT2D eigenvalue weighted by Crippen LogP contribution is -1.86. The molecule has 0 unspecified atom stereocenters. The Balaban J connectivity index is 0.000000514. The predicted octanol–water partition coefficient (Wildman–Crippen LogP) is 4.69. The third-order valence-electron chi connectivity index (χ3n) is 2.70. The lowest BCUT2D eigenvalue weighted by Gasteiger charge is -2.04. The number of allylic oxidation sites excluding steroid dienone is 2. The van der Waals surface area contributed by atoms with E-state index in [1.807, 2.05) is 26.1 Å². The van der Waals surface area contributed by atoms with Crippen molar-refractivity contribution in [3.63, 3.8) is 0 Å². The standard InChI is InChI=1S/C14H11N.C2H6/c1-2-5-11-8-9-12-6-4-10-15-14(12)13(11)7-3-1;1-2/h2-10H,1H2;1-2H3. The van der Waals surface area contributed by atoms with Crippen LogP contribution in [0.3, 0.4) is 0 Å². The Bertz CT molecular complexity index is 565. The van der Waals surface area contributed by atoms with Crippen molar-refractivity contribution in [3.8, 4) is 0 Å². The molecule has 0 fully saturated rings. The molecule has 1 aromatic heterocycles. The van der Waals surface area contributed by atoms with Crippen LogP contribution in [0.2, 0.25) is 0 Å². The Labute approximate surface area is 103 Å². The molecule has 1 nitrogen and oxygen atoms in total. The summed E-state index contributed by atoms with van der Waals surface area (Å²) in [5.74, 6) is 0. The molecule has 1 heteroatoms. The van der Waals surface area contributed by atoms with E-state index in [0.717, 1.165) is 11.9 Å². The maximum absolute atomic E-state index is 4.45. The summed E-state index contributed by atoms with van der Waals surface area (Å²) < 4.78 is 0. The third-order valence-corrected chi connectivity index (χ3v) is 2.70. The molecule has 0 saturated heterocycles. The molecule has 2 aromatic rings. The van der Waals surface area contributed by atoms with E-state index in [-0.39, 0.29) is 0 Å². The van der Waals surface area contributed by atoms with E-state index in [1.54, 1.807) is 0 Å². The fourth-order valence-electron chi connectivity index (χ4n) is 1.96. The second-order valence-corrected chi connectivity index (χ2v) is 3.68. The van der Waals surface area contributed by atoms with Crippen LogP contribution in [0.4, 0.5) is 0 Å². The van der Waals surface area contributed by atoms with Gasteiger partial charge in [0.15, 0.2) is 0 Å². The molecule has 86 valence electrons. The van der Waals surface area contributed by atoms with E-state index in [2.05, 4.69) is 47.5 Å². The maximum atomic E-state index is 4.45. The van der Waals surface area contributed by atoms with Crippen molar-refractivity contribution in [2.75, 3.05) is 0 Å². The average molecular weight is 223 g/mol. The minimum atomic E-state index is 1.00. The monoisotopic (exact) mass is 223 g/mol. The number of nitrogens with zero attached hydrogens (tertiary/aromatic N) is 1. The van der Waals surface area contributed by atoms with Crippen molar-refractivity contribution in [2.24, 2.45) is 0 Å². The van der Waals surface area contributed by atoms with E-state index in [0.29, 0.717) is 0 Å². The number of fused-ring (bicyclic) bond motifs is 3. The molecule has 0 radical (unpaired) electrons. The summed E-state index contributed by atoms with van der Waals surface area (Å²) in [6.07, 6.45) is 11.6. The number of rotatable bonds is 0. The van der Waals surface area contributed by atoms with Crippen LogP contribution >= 0.6 is 0 Å². The fourth-order valence-corrected chi connectivity index (χ4v) is 1.96. The van der Waals surface area contributed by atoms with E-state index >= 15 is 0 Å². The van der Waals surface area contributed by atoms with Gasteiger partial charge in [0.1, 0.15) is 0 Å². The van der Waals surface area contributed by atoms with Crippen molar-refractivity contribution in [1.82, 2.24) is 4.98 Å². The molecule has 0 atom stereocenters. The zero-order valence-corrected chi connectivity index (χ0v) is 10.4. The highest BCUT2D eigenvalue weighted by Gasteiger charge is 2.04. The van der Waals surface area contributed by atoms with E-state index in [4.69, 9.17) is 0 Å². The summed E-state index contributed by atoms with van der Waals surface area (Å²) in [7, 11) is 0. The first-order valence-corrected chi connectivity index (χ1v) is 6.16. The van der Waals surface area contributed by atoms with Gasteiger partial charge in [-0.3, -0.25) is 4.98 Å². The minimum Gasteiger partial charge on any atom is -0.256 e. The van der Waals surface area contributed by atoms with E-state index in [9.17, 15) is 0 Å². The lowest BCUT2D eigenvalue weighted by atomic mass is 10.0. The molecule has 0 spiro atoms. The van der Waals surface area contributed by atoms with Crippen molar-refractivity contribution < 1.29 is 0 Å². The Kier molecular flexibility index (Phi) is 3.71. The molecule has 0 bridgehead atoms. The first kappa shape index (κ1) is 11.6. The Morgan fingerprint density at radius 2 is 1.82 bits per heavy atom. The van der Waals surface area contributed by atoms with Crippen LogP contribution in [-0.4, -0.2) is 4.98 Å². The van der Waals surface area contributed by atoms with Gasteiger partial charge in [-0.15, -0.1) is 0 Å². The molecule has 0 saturated carbocycles. The molecule has 1 aliphatic carbocycles. The van der Waals surface area contributed by atoms with Crippen LogP contribution in [0.25, 0.3) is 23.1 Å². The summed E-state index contributed by atoms with van der Waals surface area (Å²) in [4.78, 5) is 4.45. The molecular formula is C16H17N. The van der Waals surface area contributed by atoms with Crippen LogP contribution < -0.4 is 0 Å². The minimum absolute atomic E-state index is 1.00. The largest absolute Gasteiger partial charge is 0.256 e. The van der Waals surface area contributed by atoms with Crippen LogP contribution in [0.1, 0.15) is 31.4 Å². The topological polar surface area (TPSA) is 12.9 Å². The van der Waals surface area contributed by atoms with Crippen LogP contribution in [0.5, 0.6) is 0 Å². The summed E-state index contributed by atoms with van der Waals surface area (Å²) >= 11 is 0. The molecule has 17 heavy (non-hydrogen) atoms. The van der Waals surface area contributed by atoms with Gasteiger partial charge in [0.05, 0.1) is 5.52 Å². The zero-order valence-electron chi connectivity index (χ0n) is 10.4. The predicted molar refractivity (Wildman–Crippen MR) is 75.8 cm³/mol. The number of aromatic nitrogens is 1. The second-order valence-electron chi connectivity index (χ2n) is 3.68. The summed E-state index contributed by atoms with van der Waals surface area (Å²) in [6, 6.07) is 8.37. The van der Waals surface area contributed by atoms with Crippen LogP contribution in [0, 0.1) is 0 Å². The average Bonchev–Trinajstić information content (AvgIpc) is 2.66. The molecule has 3 rings (SSSR count). The quantitative estimate of drug-likeness (QED) is 0.631. The molecule has 0 amide bonds. The van der Waals surface area contributed by atoms with E-state index < -0.39 is 0 Å². The Morgan fingerprint density at radius 1 is 1.00 bits per heavy atom. The van der Waals surface area contributed by atoms with Gasteiger partial charge in [-0.25, -0.2) is 0 Å². The molecule has 1 aliphatic rings. The SMILES string of the molecule is C1=Cc2ccc3cccnc3c2C=CC1.CC. The van der Waals surface area contributed by atoms with E-state index in [1.165, 1.54) is 16.5 Å². The molecule has 0 N–H and O–H groups in total. The van der Waals surface area contributed by atoms with Crippen molar-refractivity contribution >= 4 is 23.1 Å². The van der Waals surface area contributed by atoms with Gasteiger partial charge >= 0.3 is 0 Å². The van der Waals surface area contributed by atoms with Gasteiger partial charge < -0.3 is 0 Å². The summed E-state index contributed by atoms with van der Waals surface area (Å²) in [5.41, 5.74) is 3.59. The normalized spacial score (nSPS) is 12.6. The zero-order chi connectivity index (χ0) is 12.1. The number of hydrogen-bond acceptors (Lipinski definition) is 1. The van der Waals surface area contributed by atoms with Gasteiger partial charge in [-0.2, -0.15) is 0 Å². The molecular weight excluding hydrogens is 206 g/mol. The van der Waals surface area contributed by atoms with Gasteiger partial charge in [-0.1, -0.05) is 56.4 Å². The third kappa shape index (κ3) is 2.28. The Hall–Kier alpha value is -1.89. The highest BCUT2D eigenvalue weighted by atomic mass is 14.6. The van der Waals surface area contributed by atoms with Crippen LogP contribution in [-0.2, 0) is 0 Å². The maximum Gasteiger partial charge on any atom is 0.0780 e. The molecule has 1 heterocycles. The molecule has 0 aliphatic heterocycles. The van der Waals surface area contributed by atoms with Crippen molar-refractivity contribution in [3.05, 3.63) is 53.7 Å². The highest BCUT2D eigenvalue weighted by molar-refractivity contribution is 5.91. The Morgan fingerprint density at radius 3 is 2.71 bits per heavy atom. The fraction of sp³-hybridized carbons (Fsp3) is 0.188. The number of benzene rings is 1. The first-order chi connectivity index (χ1) is 8.45. The summed E-state index contributed by atoms with van der Waals surface area (Å²) in [6.45, 7) is 4.00. The van der Waals surface area contributed by atoms with Gasteiger partial charge in [0, 0.05) is 17.1 Å².